The summed E-state index contributed by atoms with van der Waals surface area (Å²) in [4.78, 5) is 14.6. The zero-order chi connectivity index (χ0) is 13.1. The molecule has 0 bridgehead atoms. The number of hydrogen-bond donors (Lipinski definition) is 1. The van der Waals surface area contributed by atoms with E-state index in [9.17, 15) is 4.79 Å². The van der Waals surface area contributed by atoms with Crippen molar-refractivity contribution in [1.82, 2.24) is 4.90 Å². The number of anilines is 1. The molecule has 102 valence electrons. The molecule has 0 atom stereocenters. The fourth-order valence-corrected chi connectivity index (χ4v) is 2.78. The van der Waals surface area contributed by atoms with E-state index in [2.05, 4.69) is 5.32 Å². The number of ether oxygens (including phenoxy) is 1. The van der Waals surface area contributed by atoms with Crippen LogP contribution in [0, 0.1) is 0 Å². The Balaban J connectivity index is 1.86. The molecule has 0 unspecified atom stereocenters. The Bertz CT molecular complexity index is 465. The van der Waals surface area contributed by atoms with Gasteiger partial charge in [0.2, 0.25) is 0 Å². The van der Waals surface area contributed by atoms with Gasteiger partial charge in [0.05, 0.1) is 11.3 Å². The van der Waals surface area contributed by atoms with Crippen molar-refractivity contribution in [3.05, 3.63) is 23.8 Å². The van der Waals surface area contributed by atoms with Gasteiger partial charge in [-0.3, -0.25) is 4.79 Å². The summed E-state index contributed by atoms with van der Waals surface area (Å²) in [6.45, 7) is 3.16. The Kier molecular flexibility index (Phi) is 3.58. The van der Waals surface area contributed by atoms with Gasteiger partial charge in [0.25, 0.3) is 5.91 Å². The molecule has 4 nitrogen and oxygen atoms in total. The largest absolute Gasteiger partial charge is 0.489 e. The Morgan fingerprint density at radius 3 is 2.74 bits per heavy atom. The summed E-state index contributed by atoms with van der Waals surface area (Å²) < 4.78 is 5.69. The van der Waals surface area contributed by atoms with Crippen molar-refractivity contribution in [2.24, 2.45) is 0 Å². The maximum atomic E-state index is 12.6. The van der Waals surface area contributed by atoms with Crippen LogP contribution >= 0.6 is 0 Å². The van der Waals surface area contributed by atoms with Gasteiger partial charge in [0, 0.05) is 19.6 Å². The smallest absolute Gasteiger partial charge is 0.257 e. The van der Waals surface area contributed by atoms with Crippen molar-refractivity contribution in [3.63, 3.8) is 0 Å². The van der Waals surface area contributed by atoms with E-state index in [4.69, 9.17) is 4.74 Å². The molecule has 2 heterocycles. The zero-order valence-electron chi connectivity index (χ0n) is 11.2. The van der Waals surface area contributed by atoms with E-state index in [1.807, 2.05) is 23.1 Å². The highest BCUT2D eigenvalue weighted by molar-refractivity contribution is 5.99. The Morgan fingerprint density at radius 1 is 1.16 bits per heavy atom. The number of fused-ring (bicyclic) bond motifs is 1. The van der Waals surface area contributed by atoms with Crippen molar-refractivity contribution in [2.45, 2.75) is 25.7 Å². The summed E-state index contributed by atoms with van der Waals surface area (Å²) in [5.41, 5.74) is 1.64. The average molecular weight is 260 g/mol. The fourth-order valence-electron chi connectivity index (χ4n) is 2.78. The Hall–Kier alpha value is -1.71. The summed E-state index contributed by atoms with van der Waals surface area (Å²) in [5, 5.41) is 3.28. The van der Waals surface area contributed by atoms with Crippen molar-refractivity contribution in [3.8, 4) is 5.75 Å². The van der Waals surface area contributed by atoms with Crippen molar-refractivity contribution in [1.29, 1.82) is 0 Å². The van der Waals surface area contributed by atoms with Crippen LogP contribution in [0.1, 0.15) is 36.0 Å². The van der Waals surface area contributed by atoms with Crippen LogP contribution in [0.4, 0.5) is 5.69 Å². The summed E-state index contributed by atoms with van der Waals surface area (Å²) in [6, 6.07) is 5.76. The number of carbonyl (C=O) groups is 1. The molecule has 0 radical (unpaired) electrons. The number of rotatable bonds is 1. The first kappa shape index (κ1) is 12.3. The van der Waals surface area contributed by atoms with Crippen LogP contribution in [0.3, 0.4) is 0 Å². The number of amides is 1. The molecule has 19 heavy (non-hydrogen) atoms. The molecule has 1 saturated heterocycles. The van der Waals surface area contributed by atoms with Crippen LogP contribution < -0.4 is 10.1 Å². The number of hydrogen-bond acceptors (Lipinski definition) is 3. The van der Waals surface area contributed by atoms with E-state index in [-0.39, 0.29) is 5.91 Å². The van der Waals surface area contributed by atoms with Crippen molar-refractivity contribution in [2.75, 3.05) is 31.6 Å². The molecular weight excluding hydrogens is 240 g/mol. The van der Waals surface area contributed by atoms with Crippen molar-refractivity contribution < 1.29 is 9.53 Å². The minimum absolute atomic E-state index is 0.113. The normalized spacial score (nSPS) is 18.8. The highest BCUT2D eigenvalue weighted by Crippen LogP contribution is 2.32. The van der Waals surface area contributed by atoms with Crippen LogP contribution in [-0.2, 0) is 0 Å². The van der Waals surface area contributed by atoms with Gasteiger partial charge in [-0.15, -0.1) is 0 Å². The molecule has 0 aromatic heterocycles. The molecule has 1 aromatic carbocycles. The number of carbonyl (C=O) groups excluding carboxylic acids is 1. The van der Waals surface area contributed by atoms with Gasteiger partial charge in [-0.2, -0.15) is 0 Å². The van der Waals surface area contributed by atoms with E-state index in [0.29, 0.717) is 12.2 Å². The lowest BCUT2D eigenvalue weighted by Gasteiger charge is -2.25. The van der Waals surface area contributed by atoms with Crippen LogP contribution in [0.5, 0.6) is 5.75 Å². The lowest BCUT2D eigenvalue weighted by atomic mass is 10.1. The van der Waals surface area contributed by atoms with Gasteiger partial charge in [-0.05, 0) is 25.0 Å². The van der Waals surface area contributed by atoms with E-state index < -0.39 is 0 Å². The van der Waals surface area contributed by atoms with Gasteiger partial charge in [0.1, 0.15) is 6.61 Å². The molecule has 2 aliphatic heterocycles. The molecule has 1 N–H and O–H groups in total. The highest BCUT2D eigenvalue weighted by Gasteiger charge is 2.23. The Labute approximate surface area is 113 Å². The van der Waals surface area contributed by atoms with Crippen LogP contribution in [0.25, 0.3) is 0 Å². The number of nitrogens with one attached hydrogen (secondary N) is 1. The first-order chi connectivity index (χ1) is 9.36. The molecule has 1 amide bonds. The minimum Gasteiger partial charge on any atom is -0.489 e. The molecule has 0 aliphatic carbocycles. The van der Waals surface area contributed by atoms with Gasteiger partial charge in [-0.1, -0.05) is 18.9 Å². The van der Waals surface area contributed by atoms with Gasteiger partial charge in [-0.25, -0.2) is 0 Å². The minimum atomic E-state index is 0.113. The molecule has 0 saturated carbocycles. The van der Waals surface area contributed by atoms with Gasteiger partial charge in [0.15, 0.2) is 5.75 Å². The Morgan fingerprint density at radius 2 is 1.95 bits per heavy atom. The molecule has 1 aromatic rings. The molecule has 1 fully saturated rings. The second-order valence-electron chi connectivity index (χ2n) is 5.16. The van der Waals surface area contributed by atoms with E-state index in [0.717, 1.165) is 43.9 Å². The number of likely N-dealkylation sites (tertiary alicyclic amines) is 1. The fraction of sp³-hybridized carbons (Fsp3) is 0.533. The SMILES string of the molecule is O=C(c1cccc2c1OCCN2)N1CCCCCC1. The predicted octanol–water partition coefficient (Wildman–Crippen LogP) is 2.51. The first-order valence-electron chi connectivity index (χ1n) is 7.15. The number of nitrogens with zero attached hydrogens (tertiary/aromatic N) is 1. The zero-order valence-corrected chi connectivity index (χ0v) is 11.2. The maximum Gasteiger partial charge on any atom is 0.257 e. The topological polar surface area (TPSA) is 41.6 Å². The van der Waals surface area contributed by atoms with E-state index >= 15 is 0 Å². The third-order valence-corrected chi connectivity index (χ3v) is 3.80. The summed E-state index contributed by atoms with van der Waals surface area (Å²) in [6.07, 6.45) is 4.68. The molecule has 0 spiro atoms. The first-order valence-corrected chi connectivity index (χ1v) is 7.15. The predicted molar refractivity (Wildman–Crippen MR) is 74.8 cm³/mol. The van der Waals surface area contributed by atoms with Gasteiger partial charge < -0.3 is 15.0 Å². The summed E-state index contributed by atoms with van der Waals surface area (Å²) in [7, 11) is 0. The summed E-state index contributed by atoms with van der Waals surface area (Å²) in [5.74, 6) is 0.838. The standard InChI is InChI=1S/C15H20N2O2/c18-15(17-9-3-1-2-4-10-17)12-6-5-7-13-14(12)19-11-8-16-13/h5-7,16H,1-4,8-11H2. The molecule has 3 rings (SSSR count). The maximum absolute atomic E-state index is 12.6. The second kappa shape index (κ2) is 5.51. The molecule has 4 heteroatoms. The molecule has 2 aliphatic rings. The lowest BCUT2D eigenvalue weighted by molar-refractivity contribution is 0.0757. The third kappa shape index (κ3) is 2.53. The van der Waals surface area contributed by atoms with Gasteiger partial charge >= 0.3 is 0 Å². The number of benzene rings is 1. The third-order valence-electron chi connectivity index (χ3n) is 3.80. The quantitative estimate of drug-likeness (QED) is 0.843. The second-order valence-corrected chi connectivity index (χ2v) is 5.16. The monoisotopic (exact) mass is 260 g/mol. The lowest BCUT2D eigenvalue weighted by Crippen LogP contribution is -2.32. The van der Waals surface area contributed by atoms with E-state index in [1.54, 1.807) is 0 Å². The number of para-hydroxylation sites is 1. The van der Waals surface area contributed by atoms with Crippen LogP contribution in [0.2, 0.25) is 0 Å². The average Bonchev–Trinajstić information content (AvgIpc) is 2.75. The summed E-state index contributed by atoms with van der Waals surface area (Å²) >= 11 is 0. The van der Waals surface area contributed by atoms with Crippen molar-refractivity contribution >= 4 is 11.6 Å². The van der Waals surface area contributed by atoms with E-state index in [1.165, 1.54) is 12.8 Å². The van der Waals surface area contributed by atoms with Crippen LogP contribution in [-0.4, -0.2) is 37.0 Å². The van der Waals surface area contributed by atoms with Crippen LogP contribution in [0.15, 0.2) is 18.2 Å². The molecular formula is C15H20N2O2. The highest BCUT2D eigenvalue weighted by atomic mass is 16.5.